The van der Waals surface area contributed by atoms with Gasteiger partial charge in [-0.25, -0.2) is 12.8 Å². The highest BCUT2D eigenvalue weighted by Gasteiger charge is 2.42. The van der Waals surface area contributed by atoms with E-state index in [0.717, 1.165) is 16.4 Å². The number of nitrogens with zero attached hydrogens (tertiary/aromatic N) is 2. The molecule has 1 saturated heterocycles. The number of fused-ring (bicyclic) bond motifs is 1. The molecule has 0 aromatic heterocycles. The summed E-state index contributed by atoms with van der Waals surface area (Å²) in [6, 6.07) is 10.5. The molecular weight excluding hydrogens is 385 g/mol. The first-order valence-electron chi connectivity index (χ1n) is 8.85. The lowest BCUT2D eigenvalue weighted by Gasteiger charge is -2.33. The fraction of sp³-hybridized carbons (Fsp3) is 0.263. The molecule has 2 aromatic rings. The second kappa shape index (κ2) is 6.99. The van der Waals surface area contributed by atoms with Crippen molar-refractivity contribution in [2.24, 2.45) is 0 Å². The molecule has 1 fully saturated rings. The number of halogens is 1. The highest BCUT2D eigenvalue weighted by molar-refractivity contribution is 7.89. The molecule has 0 aliphatic carbocycles. The number of nitrogens with one attached hydrogen (secondary N) is 1. The van der Waals surface area contributed by atoms with Gasteiger partial charge >= 0.3 is 0 Å². The molecule has 0 radical (unpaired) electrons. The molecule has 7 nitrogen and oxygen atoms in total. The lowest BCUT2D eigenvalue weighted by molar-refractivity contribution is -0.124. The normalized spacial score (nSPS) is 20.0. The van der Waals surface area contributed by atoms with Crippen molar-refractivity contribution in [1.82, 2.24) is 4.31 Å². The maximum absolute atomic E-state index is 13.2. The highest BCUT2D eigenvalue weighted by Crippen LogP contribution is 2.33. The summed E-state index contributed by atoms with van der Waals surface area (Å²) in [5.74, 6) is -1.31. The van der Waals surface area contributed by atoms with E-state index in [-0.39, 0.29) is 23.9 Å². The highest BCUT2D eigenvalue weighted by atomic mass is 32.2. The van der Waals surface area contributed by atoms with E-state index >= 15 is 0 Å². The topological polar surface area (TPSA) is 86.8 Å². The van der Waals surface area contributed by atoms with Gasteiger partial charge in [-0.2, -0.15) is 4.31 Å². The van der Waals surface area contributed by atoms with Gasteiger partial charge in [0.15, 0.2) is 0 Å². The van der Waals surface area contributed by atoms with Gasteiger partial charge in [0.2, 0.25) is 21.8 Å². The van der Waals surface area contributed by atoms with Crippen molar-refractivity contribution in [1.29, 1.82) is 0 Å². The largest absolute Gasteiger partial charge is 0.323 e. The van der Waals surface area contributed by atoms with E-state index in [1.54, 1.807) is 24.3 Å². The van der Waals surface area contributed by atoms with Gasteiger partial charge < -0.3 is 5.32 Å². The first-order chi connectivity index (χ1) is 13.4. The van der Waals surface area contributed by atoms with E-state index in [4.69, 9.17) is 0 Å². The number of carbonyl (C=O) groups excluding carboxylic acids is 2. The van der Waals surface area contributed by atoms with Gasteiger partial charge in [0.25, 0.3) is 0 Å². The molecule has 2 aromatic carbocycles. The van der Waals surface area contributed by atoms with Crippen LogP contribution in [0.3, 0.4) is 0 Å². The molecule has 9 heteroatoms. The smallest absolute Gasteiger partial charge is 0.245 e. The zero-order chi connectivity index (χ0) is 19.9. The Morgan fingerprint density at radius 2 is 1.82 bits per heavy atom. The van der Waals surface area contributed by atoms with Crippen molar-refractivity contribution in [2.75, 3.05) is 23.3 Å². The van der Waals surface area contributed by atoms with Crippen LogP contribution in [0.1, 0.15) is 12.8 Å². The predicted octanol–water partition coefficient (Wildman–Crippen LogP) is 1.96. The van der Waals surface area contributed by atoms with E-state index in [0.29, 0.717) is 24.2 Å². The summed E-state index contributed by atoms with van der Waals surface area (Å²) in [5, 5.41) is 2.71. The second-order valence-corrected chi connectivity index (χ2v) is 8.61. The van der Waals surface area contributed by atoms with E-state index in [1.807, 2.05) is 0 Å². The van der Waals surface area contributed by atoms with Crippen molar-refractivity contribution >= 4 is 33.2 Å². The van der Waals surface area contributed by atoms with Crippen LogP contribution in [0.4, 0.5) is 15.8 Å². The SMILES string of the molecule is O=C1CN(C(=O)[C@@H]2CCCN2S(=O)(=O)c2ccc(F)cc2)c2ccccc2N1. The van der Waals surface area contributed by atoms with Gasteiger partial charge in [-0.05, 0) is 49.2 Å². The lowest BCUT2D eigenvalue weighted by Crippen LogP contribution is -2.51. The van der Waals surface area contributed by atoms with Crippen molar-refractivity contribution < 1.29 is 22.4 Å². The monoisotopic (exact) mass is 403 g/mol. The summed E-state index contributed by atoms with van der Waals surface area (Å²) in [5.41, 5.74) is 1.05. The van der Waals surface area contributed by atoms with E-state index in [1.165, 1.54) is 17.0 Å². The third kappa shape index (κ3) is 3.16. The fourth-order valence-electron chi connectivity index (χ4n) is 3.63. The second-order valence-electron chi connectivity index (χ2n) is 6.72. The molecule has 146 valence electrons. The van der Waals surface area contributed by atoms with Crippen molar-refractivity contribution in [3.63, 3.8) is 0 Å². The molecule has 2 aliphatic heterocycles. The fourth-order valence-corrected chi connectivity index (χ4v) is 5.28. The van der Waals surface area contributed by atoms with Gasteiger partial charge in [-0.15, -0.1) is 0 Å². The minimum Gasteiger partial charge on any atom is -0.323 e. The summed E-state index contributed by atoms with van der Waals surface area (Å²) >= 11 is 0. The van der Waals surface area contributed by atoms with Gasteiger partial charge in [0.05, 0.1) is 16.3 Å². The standard InChI is InChI=1S/C19H18FN3O4S/c20-13-7-9-14(10-8-13)28(26,27)23-11-3-6-17(23)19(25)22-12-18(24)21-15-4-1-2-5-16(15)22/h1-2,4-5,7-10,17H,3,6,11-12H2,(H,21,24)/t17-/m0/s1. The maximum atomic E-state index is 13.2. The Labute approximate surface area is 161 Å². The molecule has 28 heavy (non-hydrogen) atoms. The Morgan fingerprint density at radius 1 is 1.11 bits per heavy atom. The quantitative estimate of drug-likeness (QED) is 0.849. The van der Waals surface area contributed by atoms with E-state index in [9.17, 15) is 22.4 Å². The first-order valence-corrected chi connectivity index (χ1v) is 10.3. The van der Waals surface area contributed by atoms with E-state index < -0.39 is 27.8 Å². The summed E-state index contributed by atoms with van der Waals surface area (Å²) in [4.78, 5) is 26.5. The number of rotatable bonds is 3. The van der Waals surface area contributed by atoms with E-state index in [2.05, 4.69) is 5.32 Å². The van der Waals surface area contributed by atoms with Crippen LogP contribution in [-0.2, 0) is 19.6 Å². The molecule has 1 N–H and O–H groups in total. The number of amides is 2. The van der Waals surface area contributed by atoms with Gasteiger partial charge in [0, 0.05) is 6.54 Å². The van der Waals surface area contributed by atoms with Crippen molar-refractivity contribution in [3.05, 3.63) is 54.3 Å². The molecule has 4 rings (SSSR count). The molecular formula is C19H18FN3O4S. The van der Waals surface area contributed by atoms with Crippen LogP contribution in [0.2, 0.25) is 0 Å². The number of carbonyl (C=O) groups is 2. The number of benzene rings is 2. The van der Waals surface area contributed by atoms with Crippen molar-refractivity contribution in [2.45, 2.75) is 23.8 Å². The Balaban J connectivity index is 1.66. The Morgan fingerprint density at radius 3 is 2.57 bits per heavy atom. The average molecular weight is 403 g/mol. The van der Waals surface area contributed by atoms with Gasteiger partial charge in [-0.1, -0.05) is 12.1 Å². The number of para-hydroxylation sites is 2. The molecule has 0 saturated carbocycles. The Bertz CT molecular complexity index is 1040. The molecule has 2 amide bonds. The van der Waals surface area contributed by atoms with Crippen LogP contribution in [-0.4, -0.2) is 43.7 Å². The third-order valence-corrected chi connectivity index (χ3v) is 6.87. The molecule has 0 spiro atoms. The summed E-state index contributed by atoms with van der Waals surface area (Å²) < 4.78 is 40.3. The molecule has 0 unspecified atom stereocenters. The molecule has 2 aliphatic rings. The minimum absolute atomic E-state index is 0.0645. The van der Waals surface area contributed by atoms with Gasteiger partial charge in [0.1, 0.15) is 18.4 Å². The molecule has 1 atom stereocenters. The van der Waals surface area contributed by atoms with Crippen LogP contribution >= 0.6 is 0 Å². The predicted molar refractivity (Wildman–Crippen MR) is 101 cm³/mol. The summed E-state index contributed by atoms with van der Waals surface area (Å²) in [6.07, 6.45) is 0.887. The number of hydrogen-bond donors (Lipinski definition) is 1. The Hall–Kier alpha value is -2.78. The van der Waals surface area contributed by atoms with Gasteiger partial charge in [-0.3, -0.25) is 14.5 Å². The molecule has 0 bridgehead atoms. The number of hydrogen-bond acceptors (Lipinski definition) is 4. The Kier molecular flexibility index (Phi) is 4.64. The lowest BCUT2D eigenvalue weighted by atomic mass is 10.1. The van der Waals surface area contributed by atoms with Crippen LogP contribution in [0, 0.1) is 5.82 Å². The van der Waals surface area contributed by atoms with Crippen LogP contribution in [0.15, 0.2) is 53.4 Å². The van der Waals surface area contributed by atoms with Crippen LogP contribution in [0.5, 0.6) is 0 Å². The van der Waals surface area contributed by atoms with Crippen LogP contribution in [0.25, 0.3) is 0 Å². The minimum atomic E-state index is -3.96. The third-order valence-electron chi connectivity index (χ3n) is 4.95. The number of sulfonamides is 1. The zero-order valence-corrected chi connectivity index (χ0v) is 15.7. The van der Waals surface area contributed by atoms with Crippen LogP contribution < -0.4 is 10.2 Å². The average Bonchev–Trinajstić information content (AvgIpc) is 3.18. The number of anilines is 2. The van der Waals surface area contributed by atoms with Crippen molar-refractivity contribution in [3.8, 4) is 0 Å². The first kappa shape index (κ1) is 18.6. The summed E-state index contributed by atoms with van der Waals surface area (Å²) in [6.45, 7) is 0.0224. The zero-order valence-electron chi connectivity index (χ0n) is 14.8. The maximum Gasteiger partial charge on any atom is 0.245 e. The summed E-state index contributed by atoms with van der Waals surface area (Å²) in [7, 11) is -3.96. The molecule has 2 heterocycles.